The molecule has 1 aromatic heterocycles. The predicted molar refractivity (Wildman–Crippen MR) is 73.1 cm³/mol. The van der Waals surface area contributed by atoms with Gasteiger partial charge in [0, 0.05) is 17.5 Å². The third-order valence-electron chi connectivity index (χ3n) is 2.34. The smallest absolute Gasteiger partial charge is 0.00578 e. The second-order valence-corrected chi connectivity index (χ2v) is 6.10. The maximum Gasteiger partial charge on any atom is 0.00578 e. The van der Waals surface area contributed by atoms with E-state index in [1.54, 1.807) is 0 Å². The fourth-order valence-corrected chi connectivity index (χ4v) is 2.92. The van der Waals surface area contributed by atoms with Crippen molar-refractivity contribution in [2.75, 3.05) is 18.1 Å². The highest BCUT2D eigenvalue weighted by Crippen LogP contribution is 2.08. The van der Waals surface area contributed by atoms with Crippen LogP contribution in [0.15, 0.2) is 17.5 Å². The highest BCUT2D eigenvalue weighted by atomic mass is 32.2. The molecule has 1 rings (SSSR count). The Morgan fingerprint density at radius 3 is 3.07 bits per heavy atom. The summed E-state index contributed by atoms with van der Waals surface area (Å²) >= 11 is 3.88. The van der Waals surface area contributed by atoms with Crippen molar-refractivity contribution in [3.8, 4) is 0 Å². The normalized spacial score (nSPS) is 12.9. The minimum atomic E-state index is 0.656. The van der Waals surface area contributed by atoms with E-state index in [0.29, 0.717) is 6.04 Å². The minimum absolute atomic E-state index is 0.656. The van der Waals surface area contributed by atoms with Gasteiger partial charge >= 0.3 is 0 Å². The van der Waals surface area contributed by atoms with Crippen molar-refractivity contribution in [3.63, 3.8) is 0 Å². The van der Waals surface area contributed by atoms with Gasteiger partial charge in [-0.05, 0) is 42.7 Å². The van der Waals surface area contributed by atoms with Crippen molar-refractivity contribution in [1.29, 1.82) is 0 Å². The summed E-state index contributed by atoms with van der Waals surface area (Å²) < 4.78 is 0. The van der Waals surface area contributed by atoms with Crippen molar-refractivity contribution in [2.24, 2.45) is 0 Å². The van der Waals surface area contributed by atoms with E-state index in [2.05, 4.69) is 36.7 Å². The van der Waals surface area contributed by atoms with E-state index in [9.17, 15) is 0 Å². The first-order valence-electron chi connectivity index (χ1n) is 5.66. The second-order valence-electron chi connectivity index (χ2n) is 3.67. The fraction of sp³-hybridized carbons (Fsp3) is 0.667. The zero-order chi connectivity index (χ0) is 10.9. The summed E-state index contributed by atoms with van der Waals surface area (Å²) in [5.41, 5.74) is 0. The number of thioether (sulfide) groups is 1. The zero-order valence-corrected chi connectivity index (χ0v) is 11.3. The van der Waals surface area contributed by atoms with Gasteiger partial charge in [-0.25, -0.2) is 0 Å². The molecule has 0 aliphatic carbocycles. The lowest BCUT2D eigenvalue weighted by Crippen LogP contribution is -2.28. The number of thiophene rings is 1. The first kappa shape index (κ1) is 13.1. The monoisotopic (exact) mass is 243 g/mol. The van der Waals surface area contributed by atoms with Crippen LogP contribution in [0.2, 0.25) is 0 Å². The van der Waals surface area contributed by atoms with Gasteiger partial charge in [-0.2, -0.15) is 11.8 Å². The minimum Gasteiger partial charge on any atom is -0.314 e. The third kappa shape index (κ3) is 6.23. The highest BCUT2D eigenvalue weighted by Gasteiger charge is 2.00. The van der Waals surface area contributed by atoms with Crippen molar-refractivity contribution in [1.82, 2.24) is 5.32 Å². The molecule has 0 aliphatic rings. The molecule has 1 aromatic rings. The highest BCUT2D eigenvalue weighted by molar-refractivity contribution is 7.99. The van der Waals surface area contributed by atoms with Crippen molar-refractivity contribution in [2.45, 2.75) is 32.7 Å². The molecule has 0 amide bonds. The van der Waals surface area contributed by atoms with Gasteiger partial charge in [0.1, 0.15) is 0 Å². The Morgan fingerprint density at radius 2 is 2.40 bits per heavy atom. The molecule has 3 heteroatoms. The summed E-state index contributed by atoms with van der Waals surface area (Å²) in [6.07, 6.45) is 2.45. The number of rotatable bonds is 8. The van der Waals surface area contributed by atoms with Crippen LogP contribution < -0.4 is 5.32 Å². The molecule has 0 spiro atoms. The summed E-state index contributed by atoms with van der Waals surface area (Å²) in [7, 11) is 0. The summed E-state index contributed by atoms with van der Waals surface area (Å²) in [6.45, 7) is 5.61. The van der Waals surface area contributed by atoms with Crippen LogP contribution in [-0.2, 0) is 6.42 Å². The summed E-state index contributed by atoms with van der Waals surface area (Å²) in [5.74, 6) is 2.52. The molecule has 1 heterocycles. The summed E-state index contributed by atoms with van der Waals surface area (Å²) in [4.78, 5) is 1.48. The van der Waals surface area contributed by atoms with Gasteiger partial charge in [-0.1, -0.05) is 13.0 Å². The molecule has 0 fully saturated rings. The van der Waals surface area contributed by atoms with E-state index >= 15 is 0 Å². The molecule has 1 N–H and O–H groups in total. The summed E-state index contributed by atoms with van der Waals surface area (Å²) in [5, 5.41) is 5.72. The largest absolute Gasteiger partial charge is 0.314 e. The van der Waals surface area contributed by atoms with E-state index in [0.717, 1.165) is 6.54 Å². The van der Waals surface area contributed by atoms with E-state index < -0.39 is 0 Å². The van der Waals surface area contributed by atoms with Gasteiger partial charge in [0.2, 0.25) is 0 Å². The average molecular weight is 243 g/mol. The van der Waals surface area contributed by atoms with Crippen molar-refractivity contribution in [3.05, 3.63) is 22.4 Å². The van der Waals surface area contributed by atoms with Crippen LogP contribution in [0.4, 0.5) is 0 Å². The first-order valence-corrected chi connectivity index (χ1v) is 7.70. The van der Waals surface area contributed by atoms with Crippen LogP contribution in [0, 0.1) is 0 Å². The van der Waals surface area contributed by atoms with Gasteiger partial charge < -0.3 is 5.32 Å². The van der Waals surface area contributed by atoms with Crippen molar-refractivity contribution >= 4 is 23.1 Å². The van der Waals surface area contributed by atoms with Crippen LogP contribution in [0.3, 0.4) is 0 Å². The van der Waals surface area contributed by atoms with Crippen LogP contribution >= 0.6 is 23.1 Å². The third-order valence-corrected chi connectivity index (χ3v) is 4.21. The van der Waals surface area contributed by atoms with Gasteiger partial charge in [0.15, 0.2) is 0 Å². The van der Waals surface area contributed by atoms with Gasteiger partial charge in [0.05, 0.1) is 0 Å². The number of nitrogens with one attached hydrogen (secondary N) is 1. The van der Waals surface area contributed by atoms with E-state index in [1.807, 2.05) is 23.1 Å². The molecule has 15 heavy (non-hydrogen) atoms. The molecule has 1 atom stereocenters. The van der Waals surface area contributed by atoms with Crippen molar-refractivity contribution < 1.29 is 0 Å². The average Bonchev–Trinajstić information content (AvgIpc) is 2.71. The maximum atomic E-state index is 3.57. The fourth-order valence-electron chi connectivity index (χ4n) is 1.40. The standard InChI is InChI=1S/C12H21NS2/c1-3-14-10-7-11(2)13-8-6-12-5-4-9-15-12/h4-5,9,11,13H,3,6-8,10H2,1-2H3. The maximum absolute atomic E-state index is 3.57. The van der Waals surface area contributed by atoms with Crippen LogP contribution in [-0.4, -0.2) is 24.1 Å². The number of hydrogen-bond donors (Lipinski definition) is 1. The Morgan fingerprint density at radius 1 is 1.53 bits per heavy atom. The Labute approximate surface area is 102 Å². The lowest BCUT2D eigenvalue weighted by Gasteiger charge is -2.12. The molecule has 86 valence electrons. The molecular weight excluding hydrogens is 222 g/mol. The molecule has 0 aliphatic heterocycles. The van der Waals surface area contributed by atoms with Gasteiger partial charge in [-0.15, -0.1) is 11.3 Å². The van der Waals surface area contributed by atoms with E-state index in [4.69, 9.17) is 0 Å². The molecular formula is C12H21NS2. The Hall–Kier alpha value is 0.01000. The zero-order valence-electron chi connectivity index (χ0n) is 9.66. The van der Waals surface area contributed by atoms with E-state index in [-0.39, 0.29) is 0 Å². The summed E-state index contributed by atoms with van der Waals surface area (Å²) in [6, 6.07) is 5.00. The van der Waals surface area contributed by atoms with E-state index in [1.165, 1.54) is 29.2 Å². The van der Waals surface area contributed by atoms with Crippen LogP contribution in [0.1, 0.15) is 25.1 Å². The first-order chi connectivity index (χ1) is 7.33. The van der Waals surface area contributed by atoms with Crippen LogP contribution in [0.25, 0.3) is 0 Å². The quantitative estimate of drug-likeness (QED) is 0.702. The molecule has 1 unspecified atom stereocenters. The molecule has 0 saturated heterocycles. The molecule has 0 aromatic carbocycles. The molecule has 0 radical (unpaired) electrons. The predicted octanol–water partition coefficient (Wildman–Crippen LogP) is 3.41. The SMILES string of the molecule is CCSCCC(C)NCCc1cccs1. The van der Waals surface area contributed by atoms with Gasteiger partial charge in [0.25, 0.3) is 0 Å². The molecule has 0 bridgehead atoms. The van der Waals surface area contributed by atoms with Crippen LogP contribution in [0.5, 0.6) is 0 Å². The Kier molecular flexibility index (Phi) is 7.14. The Bertz CT molecular complexity index is 234. The molecule has 1 nitrogen and oxygen atoms in total. The lowest BCUT2D eigenvalue weighted by molar-refractivity contribution is 0.542. The van der Waals surface area contributed by atoms with Gasteiger partial charge in [-0.3, -0.25) is 0 Å². The second kappa shape index (κ2) is 8.20. The lowest BCUT2D eigenvalue weighted by atomic mass is 10.2. The number of hydrogen-bond acceptors (Lipinski definition) is 3. The Balaban J connectivity index is 1.99. The topological polar surface area (TPSA) is 12.0 Å². The molecule has 0 saturated carbocycles.